The standard InChI is InChI=1S/C15H20N4O/c1-11-4-6-12(7-5-11)15-17-14(18-20-15)10-19-8-2-3-13(19)9-16/h4-7,13H,2-3,8-10,16H2,1H3. The Hall–Kier alpha value is -1.72. The van der Waals surface area contributed by atoms with E-state index in [1.165, 1.54) is 18.4 Å². The lowest BCUT2D eigenvalue weighted by Crippen LogP contribution is -2.35. The second-order valence-electron chi connectivity index (χ2n) is 5.38. The molecule has 0 amide bonds. The summed E-state index contributed by atoms with van der Waals surface area (Å²) >= 11 is 0. The van der Waals surface area contributed by atoms with Crippen LogP contribution in [0.3, 0.4) is 0 Å². The molecule has 2 heterocycles. The third-order valence-corrected chi connectivity index (χ3v) is 3.88. The number of nitrogens with zero attached hydrogens (tertiary/aromatic N) is 3. The third-order valence-electron chi connectivity index (χ3n) is 3.88. The van der Waals surface area contributed by atoms with Crippen molar-refractivity contribution in [2.45, 2.75) is 32.4 Å². The summed E-state index contributed by atoms with van der Waals surface area (Å²) in [6, 6.07) is 8.56. The molecule has 0 spiro atoms. The lowest BCUT2D eigenvalue weighted by atomic mass is 10.1. The van der Waals surface area contributed by atoms with Crippen molar-refractivity contribution in [1.29, 1.82) is 0 Å². The van der Waals surface area contributed by atoms with Gasteiger partial charge in [-0.1, -0.05) is 22.9 Å². The molecule has 5 nitrogen and oxygen atoms in total. The van der Waals surface area contributed by atoms with Gasteiger partial charge in [0.15, 0.2) is 5.82 Å². The van der Waals surface area contributed by atoms with E-state index < -0.39 is 0 Å². The number of aromatic nitrogens is 2. The van der Waals surface area contributed by atoms with E-state index in [4.69, 9.17) is 10.3 Å². The summed E-state index contributed by atoms with van der Waals surface area (Å²) in [5.41, 5.74) is 7.97. The van der Waals surface area contributed by atoms with Gasteiger partial charge in [-0.2, -0.15) is 4.98 Å². The Morgan fingerprint density at radius 2 is 2.15 bits per heavy atom. The van der Waals surface area contributed by atoms with Crippen molar-refractivity contribution in [3.05, 3.63) is 35.7 Å². The summed E-state index contributed by atoms with van der Waals surface area (Å²) in [4.78, 5) is 6.82. The van der Waals surface area contributed by atoms with E-state index in [2.05, 4.69) is 22.0 Å². The molecule has 1 atom stereocenters. The maximum atomic E-state index is 5.78. The largest absolute Gasteiger partial charge is 0.334 e. The average molecular weight is 272 g/mol. The van der Waals surface area contributed by atoms with Gasteiger partial charge < -0.3 is 10.3 Å². The zero-order valence-electron chi connectivity index (χ0n) is 11.7. The molecule has 0 radical (unpaired) electrons. The van der Waals surface area contributed by atoms with Crippen molar-refractivity contribution in [3.8, 4) is 11.5 Å². The molecular weight excluding hydrogens is 252 g/mol. The van der Waals surface area contributed by atoms with E-state index in [-0.39, 0.29) is 0 Å². The fourth-order valence-electron chi connectivity index (χ4n) is 2.68. The van der Waals surface area contributed by atoms with E-state index >= 15 is 0 Å². The van der Waals surface area contributed by atoms with Crippen molar-refractivity contribution in [3.63, 3.8) is 0 Å². The van der Waals surface area contributed by atoms with E-state index in [0.717, 1.165) is 24.5 Å². The highest BCUT2D eigenvalue weighted by Gasteiger charge is 2.24. The first-order valence-corrected chi connectivity index (χ1v) is 7.10. The summed E-state index contributed by atoms with van der Waals surface area (Å²) in [7, 11) is 0. The zero-order valence-corrected chi connectivity index (χ0v) is 11.7. The Morgan fingerprint density at radius 3 is 2.90 bits per heavy atom. The number of nitrogens with two attached hydrogens (primary N) is 1. The molecule has 2 aromatic rings. The minimum absolute atomic E-state index is 0.455. The molecule has 3 rings (SSSR count). The summed E-state index contributed by atoms with van der Waals surface area (Å²) in [5, 5.41) is 4.08. The highest BCUT2D eigenvalue weighted by atomic mass is 16.5. The lowest BCUT2D eigenvalue weighted by molar-refractivity contribution is 0.240. The molecule has 1 fully saturated rings. The molecule has 1 saturated heterocycles. The van der Waals surface area contributed by atoms with Gasteiger partial charge >= 0.3 is 0 Å². The number of hydrogen-bond acceptors (Lipinski definition) is 5. The maximum Gasteiger partial charge on any atom is 0.257 e. The first-order chi connectivity index (χ1) is 9.76. The average Bonchev–Trinajstić information content (AvgIpc) is 3.09. The topological polar surface area (TPSA) is 68.2 Å². The monoisotopic (exact) mass is 272 g/mol. The fourth-order valence-corrected chi connectivity index (χ4v) is 2.68. The van der Waals surface area contributed by atoms with Crippen molar-refractivity contribution in [1.82, 2.24) is 15.0 Å². The first kappa shape index (κ1) is 13.3. The predicted molar refractivity (Wildman–Crippen MR) is 77.0 cm³/mol. The second-order valence-corrected chi connectivity index (χ2v) is 5.38. The third kappa shape index (κ3) is 2.73. The quantitative estimate of drug-likeness (QED) is 0.921. The molecule has 1 aliphatic heterocycles. The molecule has 0 aliphatic carbocycles. The Labute approximate surface area is 118 Å². The van der Waals surface area contributed by atoms with Gasteiger partial charge in [0.2, 0.25) is 0 Å². The molecule has 106 valence electrons. The SMILES string of the molecule is Cc1ccc(-c2nc(CN3CCCC3CN)no2)cc1. The Kier molecular flexibility index (Phi) is 3.80. The fraction of sp³-hybridized carbons (Fsp3) is 0.467. The Bertz CT molecular complexity index is 564. The first-order valence-electron chi connectivity index (χ1n) is 7.10. The number of hydrogen-bond donors (Lipinski definition) is 1. The van der Waals surface area contributed by atoms with Crippen LogP contribution in [0.15, 0.2) is 28.8 Å². The molecule has 20 heavy (non-hydrogen) atoms. The Morgan fingerprint density at radius 1 is 1.35 bits per heavy atom. The van der Waals surface area contributed by atoms with E-state index in [1.807, 2.05) is 24.3 Å². The van der Waals surface area contributed by atoms with Crippen LogP contribution in [0.2, 0.25) is 0 Å². The van der Waals surface area contributed by atoms with Crippen LogP contribution < -0.4 is 5.73 Å². The van der Waals surface area contributed by atoms with Crippen molar-refractivity contribution in [2.24, 2.45) is 5.73 Å². The minimum atomic E-state index is 0.455. The molecule has 1 unspecified atom stereocenters. The van der Waals surface area contributed by atoms with Crippen LogP contribution in [-0.4, -0.2) is 34.2 Å². The van der Waals surface area contributed by atoms with Crippen LogP contribution >= 0.6 is 0 Å². The molecular formula is C15H20N4O. The minimum Gasteiger partial charge on any atom is -0.334 e. The van der Waals surface area contributed by atoms with Crippen molar-refractivity contribution < 1.29 is 4.52 Å². The van der Waals surface area contributed by atoms with Crippen LogP contribution in [0.25, 0.3) is 11.5 Å². The van der Waals surface area contributed by atoms with Crippen LogP contribution in [0.1, 0.15) is 24.2 Å². The molecule has 0 bridgehead atoms. The zero-order chi connectivity index (χ0) is 13.9. The number of aryl methyl sites for hydroxylation is 1. The number of likely N-dealkylation sites (tertiary alicyclic amines) is 1. The van der Waals surface area contributed by atoms with Gasteiger partial charge in [-0.25, -0.2) is 0 Å². The van der Waals surface area contributed by atoms with Crippen molar-refractivity contribution >= 4 is 0 Å². The van der Waals surface area contributed by atoms with Gasteiger partial charge in [-0.05, 0) is 38.4 Å². The molecule has 1 aromatic carbocycles. The summed E-state index contributed by atoms with van der Waals surface area (Å²) in [5.74, 6) is 1.32. The molecule has 1 aliphatic rings. The second kappa shape index (κ2) is 5.73. The highest BCUT2D eigenvalue weighted by molar-refractivity contribution is 5.53. The van der Waals surface area contributed by atoms with Gasteiger partial charge in [0.1, 0.15) is 0 Å². The van der Waals surface area contributed by atoms with Gasteiger partial charge in [0.05, 0.1) is 6.54 Å². The summed E-state index contributed by atoms with van der Waals surface area (Å²) < 4.78 is 5.35. The number of rotatable bonds is 4. The number of benzene rings is 1. The summed E-state index contributed by atoms with van der Waals surface area (Å²) in [6.45, 7) is 4.54. The molecule has 5 heteroatoms. The van der Waals surface area contributed by atoms with Crippen LogP contribution in [0, 0.1) is 6.92 Å². The summed E-state index contributed by atoms with van der Waals surface area (Å²) in [6.07, 6.45) is 2.36. The maximum absolute atomic E-state index is 5.78. The predicted octanol–water partition coefficient (Wildman–Crippen LogP) is 1.97. The van der Waals surface area contributed by atoms with Gasteiger partial charge in [-0.3, -0.25) is 4.90 Å². The van der Waals surface area contributed by atoms with Gasteiger partial charge in [0, 0.05) is 18.2 Å². The molecule has 2 N–H and O–H groups in total. The van der Waals surface area contributed by atoms with Gasteiger partial charge in [-0.15, -0.1) is 0 Å². The normalized spacial score (nSPS) is 19.6. The van der Waals surface area contributed by atoms with Crippen molar-refractivity contribution in [2.75, 3.05) is 13.1 Å². The molecule has 1 aromatic heterocycles. The highest BCUT2D eigenvalue weighted by Crippen LogP contribution is 2.21. The van der Waals surface area contributed by atoms with Crippen LogP contribution in [0.5, 0.6) is 0 Å². The van der Waals surface area contributed by atoms with E-state index in [0.29, 0.717) is 18.5 Å². The lowest BCUT2D eigenvalue weighted by Gasteiger charge is -2.20. The van der Waals surface area contributed by atoms with E-state index in [9.17, 15) is 0 Å². The van der Waals surface area contributed by atoms with Gasteiger partial charge in [0.25, 0.3) is 5.89 Å². The van der Waals surface area contributed by atoms with Crippen LogP contribution in [-0.2, 0) is 6.54 Å². The smallest absolute Gasteiger partial charge is 0.257 e. The molecule has 0 saturated carbocycles. The van der Waals surface area contributed by atoms with Crippen LogP contribution in [0.4, 0.5) is 0 Å². The Balaban J connectivity index is 1.72. The van der Waals surface area contributed by atoms with E-state index in [1.54, 1.807) is 0 Å².